The van der Waals surface area contributed by atoms with Crippen LogP contribution in [0.3, 0.4) is 0 Å². The van der Waals surface area contributed by atoms with E-state index in [4.69, 9.17) is 18.9 Å². The van der Waals surface area contributed by atoms with Gasteiger partial charge in [-0.1, -0.05) is 0 Å². The molecule has 0 bridgehead atoms. The van der Waals surface area contributed by atoms with E-state index >= 15 is 0 Å². The van der Waals surface area contributed by atoms with E-state index in [1.165, 1.54) is 12.1 Å². The summed E-state index contributed by atoms with van der Waals surface area (Å²) >= 11 is 0. The van der Waals surface area contributed by atoms with Crippen LogP contribution >= 0.6 is 0 Å². The number of hydrogen-bond donors (Lipinski definition) is 1. The largest absolute Gasteiger partial charge is 0.514 e. The molecule has 18 heteroatoms. The Balaban J connectivity index is 1.56. The van der Waals surface area contributed by atoms with E-state index in [-0.39, 0.29) is 37.5 Å². The van der Waals surface area contributed by atoms with Crippen molar-refractivity contribution in [3.63, 3.8) is 0 Å². The molecule has 2 fully saturated rings. The summed E-state index contributed by atoms with van der Waals surface area (Å²) in [5.41, 5.74) is -0.201. The van der Waals surface area contributed by atoms with Crippen molar-refractivity contribution in [2.24, 2.45) is 11.8 Å². The highest BCUT2D eigenvalue weighted by Gasteiger charge is 2.53. The Morgan fingerprint density at radius 2 is 1.68 bits per heavy atom. The molecule has 37 heavy (non-hydrogen) atoms. The lowest BCUT2D eigenvalue weighted by atomic mass is 9.84. The predicted molar refractivity (Wildman–Crippen MR) is 112 cm³/mol. The van der Waals surface area contributed by atoms with Crippen LogP contribution in [0.1, 0.15) is 12.8 Å². The molecule has 0 saturated carbocycles. The minimum absolute atomic E-state index is 0.00483. The number of carbonyl (C=O) groups excluding carboxylic acids is 1. The number of nitro groups is 1. The third kappa shape index (κ3) is 7.34. The first-order valence-electron chi connectivity index (χ1n) is 10.7. The molecule has 2 aliphatic heterocycles. The second-order valence-corrected chi connectivity index (χ2v) is 8.01. The number of nitro benzene ring substituents is 1. The molecule has 2 aliphatic rings. The summed E-state index contributed by atoms with van der Waals surface area (Å²) in [4.78, 5) is 63.6. The monoisotopic (exact) mass is 531 g/mol. The Kier molecular flexibility index (Phi) is 8.90. The lowest BCUT2D eigenvalue weighted by Crippen LogP contribution is -2.37. The van der Waals surface area contributed by atoms with Gasteiger partial charge < -0.3 is 33.7 Å². The van der Waals surface area contributed by atoms with Crippen molar-refractivity contribution in [2.45, 2.75) is 37.3 Å². The molecule has 1 N–H and O–H groups in total. The first kappa shape index (κ1) is 27.3. The molecule has 18 nitrogen and oxygen atoms in total. The highest BCUT2D eigenvalue weighted by Crippen LogP contribution is 2.38. The summed E-state index contributed by atoms with van der Waals surface area (Å²) in [7, 11) is 0. The van der Waals surface area contributed by atoms with Crippen LogP contribution in [0.5, 0.6) is 5.75 Å². The van der Waals surface area contributed by atoms with Gasteiger partial charge in [-0.2, -0.15) is 0 Å². The van der Waals surface area contributed by atoms with Crippen LogP contribution in [0.4, 0.5) is 10.5 Å². The van der Waals surface area contributed by atoms with Crippen molar-refractivity contribution >= 4 is 17.8 Å². The van der Waals surface area contributed by atoms with Gasteiger partial charge in [0.15, 0.2) is 6.10 Å². The Hall–Kier alpha value is -4.32. The van der Waals surface area contributed by atoms with Crippen LogP contribution in [0.25, 0.3) is 0 Å². The minimum Gasteiger partial charge on any atom is -0.481 e. The van der Waals surface area contributed by atoms with E-state index < -0.39 is 70.1 Å². The maximum Gasteiger partial charge on any atom is 0.514 e. The van der Waals surface area contributed by atoms with Gasteiger partial charge in [-0.3, -0.25) is 14.9 Å². The normalized spacial score (nSPS) is 23.8. The number of rotatable bonds is 13. The molecule has 1 aromatic carbocycles. The maximum absolute atomic E-state index is 12.2. The van der Waals surface area contributed by atoms with Crippen molar-refractivity contribution in [1.29, 1.82) is 0 Å². The molecule has 202 valence electrons. The Labute approximate surface area is 206 Å². The summed E-state index contributed by atoms with van der Waals surface area (Å²) in [5.74, 6) is -3.12. The van der Waals surface area contributed by atoms with E-state index in [2.05, 4.69) is 9.68 Å². The lowest BCUT2D eigenvalue weighted by molar-refractivity contribution is -0.790. The third-order valence-electron chi connectivity index (χ3n) is 5.78. The molecule has 0 spiro atoms. The average Bonchev–Trinajstić information content (AvgIpc) is 3.40. The van der Waals surface area contributed by atoms with Gasteiger partial charge in [-0.15, -0.1) is 20.2 Å². The number of ether oxygens (including phenoxy) is 4. The van der Waals surface area contributed by atoms with Crippen LogP contribution in [0, 0.1) is 42.2 Å². The third-order valence-corrected chi connectivity index (χ3v) is 5.78. The van der Waals surface area contributed by atoms with Crippen LogP contribution in [-0.4, -0.2) is 76.6 Å². The van der Waals surface area contributed by atoms with Gasteiger partial charge in [0, 0.05) is 18.1 Å². The SMILES string of the molecule is O=C(Oc1ccc([N+](=O)[O-])cc1)O[C@@H]1CO[C@H]2[C@H]1OC[C@H]2C(CCC(CO[N+](=O)[O-])O[N+](=O)[O-])C(=O)O. The first-order valence-corrected chi connectivity index (χ1v) is 10.7. The van der Waals surface area contributed by atoms with Gasteiger partial charge in [0.05, 0.1) is 30.2 Å². The van der Waals surface area contributed by atoms with E-state index in [1.54, 1.807) is 0 Å². The molecule has 0 amide bonds. The van der Waals surface area contributed by atoms with Crippen LogP contribution in [-0.2, 0) is 28.7 Å². The highest BCUT2D eigenvalue weighted by atomic mass is 17.0. The van der Waals surface area contributed by atoms with Crippen molar-refractivity contribution in [2.75, 3.05) is 19.8 Å². The van der Waals surface area contributed by atoms with Gasteiger partial charge in [-0.05, 0) is 25.0 Å². The summed E-state index contributed by atoms with van der Waals surface area (Å²) in [5, 5.41) is 39.1. The molecule has 2 saturated heterocycles. The molecule has 0 aromatic heterocycles. The summed E-state index contributed by atoms with van der Waals surface area (Å²) in [6, 6.07) is 4.69. The van der Waals surface area contributed by atoms with Gasteiger partial charge in [-0.25, -0.2) is 4.79 Å². The molecule has 0 radical (unpaired) electrons. The topological polar surface area (TPSA) is 239 Å². The van der Waals surface area contributed by atoms with Crippen LogP contribution < -0.4 is 4.74 Å². The van der Waals surface area contributed by atoms with Crippen molar-refractivity contribution in [1.82, 2.24) is 0 Å². The highest BCUT2D eigenvalue weighted by molar-refractivity contribution is 5.70. The summed E-state index contributed by atoms with van der Waals surface area (Å²) in [6.45, 7) is -0.982. The number of benzene rings is 1. The van der Waals surface area contributed by atoms with Gasteiger partial charge in [0.25, 0.3) is 15.9 Å². The van der Waals surface area contributed by atoms with Crippen LogP contribution in [0.2, 0.25) is 0 Å². The number of carboxylic acid groups (broad SMARTS) is 1. The Morgan fingerprint density at radius 3 is 2.27 bits per heavy atom. The number of hydrogen-bond acceptors (Lipinski definition) is 14. The zero-order chi connectivity index (χ0) is 27.1. The molecular weight excluding hydrogens is 510 g/mol. The number of aliphatic carboxylic acids is 1. The number of nitrogens with zero attached hydrogens (tertiary/aromatic N) is 3. The second-order valence-electron chi connectivity index (χ2n) is 8.01. The van der Waals surface area contributed by atoms with Crippen molar-refractivity contribution in [3.05, 3.63) is 54.6 Å². The number of fused-ring (bicyclic) bond motifs is 1. The van der Waals surface area contributed by atoms with E-state index in [0.717, 1.165) is 12.1 Å². The minimum atomic E-state index is -1.38. The fourth-order valence-electron chi connectivity index (χ4n) is 4.14. The van der Waals surface area contributed by atoms with Crippen molar-refractivity contribution in [3.8, 4) is 5.75 Å². The number of carbonyl (C=O) groups is 2. The zero-order valence-electron chi connectivity index (χ0n) is 18.8. The molecule has 6 atom stereocenters. The lowest BCUT2D eigenvalue weighted by Gasteiger charge is -2.24. The van der Waals surface area contributed by atoms with E-state index in [0.29, 0.717) is 0 Å². The molecule has 3 rings (SSSR count). The average molecular weight is 531 g/mol. The predicted octanol–water partition coefficient (Wildman–Crippen LogP) is 1.16. The Bertz CT molecular complexity index is 1020. The van der Waals surface area contributed by atoms with Gasteiger partial charge >= 0.3 is 12.1 Å². The first-order chi connectivity index (χ1) is 17.5. The molecular formula is C19H21N3O15. The number of non-ortho nitro benzene ring substituents is 1. The number of carboxylic acids is 1. The van der Waals surface area contributed by atoms with Gasteiger partial charge in [0.2, 0.25) is 0 Å². The maximum atomic E-state index is 12.2. The van der Waals surface area contributed by atoms with E-state index in [9.17, 15) is 45.0 Å². The second kappa shape index (κ2) is 12.1. The molecule has 2 heterocycles. The molecule has 2 unspecified atom stereocenters. The van der Waals surface area contributed by atoms with Crippen molar-refractivity contribution < 1.29 is 58.4 Å². The Morgan fingerprint density at radius 1 is 1.00 bits per heavy atom. The molecule has 1 aromatic rings. The van der Waals surface area contributed by atoms with Gasteiger partial charge in [0.1, 0.15) is 24.6 Å². The summed E-state index contributed by atoms with van der Waals surface area (Å²) in [6.07, 6.45) is -5.48. The fraction of sp³-hybridized carbons (Fsp3) is 0.579. The van der Waals surface area contributed by atoms with Crippen LogP contribution in [0.15, 0.2) is 24.3 Å². The standard InChI is InChI=1S/C19H21N3O15/c23-18(24)13(6-5-12(37-22(30)31)7-34-21(28)29)14-8-32-17-15(9-33-16(14)17)36-19(25)35-11-3-1-10(2-4-11)20(26)27/h1-4,12-17H,5-9H2,(H,23,24)/t12?,13?,14-,15+,16+,17-/m0/s1. The molecule has 0 aliphatic carbocycles. The smallest absolute Gasteiger partial charge is 0.481 e. The summed E-state index contributed by atoms with van der Waals surface area (Å²) < 4.78 is 21.5. The fourth-order valence-corrected chi connectivity index (χ4v) is 4.14. The van der Waals surface area contributed by atoms with E-state index in [1.807, 2.05) is 0 Å². The quantitative estimate of drug-likeness (QED) is 0.162. The zero-order valence-corrected chi connectivity index (χ0v) is 18.8.